The largest absolute Gasteiger partial charge is 0.465 e. The second-order valence-electron chi connectivity index (χ2n) is 5.20. The van der Waals surface area contributed by atoms with Crippen LogP contribution in [0, 0.1) is 11.6 Å². The molecule has 0 saturated carbocycles. The first-order chi connectivity index (χ1) is 12.0. The highest BCUT2D eigenvalue weighted by molar-refractivity contribution is 6.00. The van der Waals surface area contributed by atoms with Crippen molar-refractivity contribution in [3.63, 3.8) is 0 Å². The van der Waals surface area contributed by atoms with E-state index in [-0.39, 0.29) is 11.3 Å². The maximum absolute atomic E-state index is 13.7. The molecule has 0 heterocycles. The molecular formula is C19H12F2O4. The van der Waals surface area contributed by atoms with Crippen molar-refractivity contribution in [1.82, 2.24) is 0 Å². The first-order valence-electron chi connectivity index (χ1n) is 7.28. The van der Waals surface area contributed by atoms with E-state index in [0.717, 1.165) is 22.9 Å². The number of ether oxygens (including phenoxy) is 2. The van der Waals surface area contributed by atoms with Crippen LogP contribution in [0.25, 0.3) is 10.8 Å². The summed E-state index contributed by atoms with van der Waals surface area (Å²) in [6.07, 6.45) is 0. The quantitative estimate of drug-likeness (QED) is 0.531. The van der Waals surface area contributed by atoms with Gasteiger partial charge < -0.3 is 9.47 Å². The summed E-state index contributed by atoms with van der Waals surface area (Å²) in [5.41, 5.74) is -0.414. The van der Waals surface area contributed by atoms with Crippen LogP contribution in [0.5, 0.6) is 5.75 Å². The number of hydrogen-bond acceptors (Lipinski definition) is 4. The molecule has 4 nitrogen and oxygen atoms in total. The van der Waals surface area contributed by atoms with Gasteiger partial charge in [0, 0.05) is 6.07 Å². The van der Waals surface area contributed by atoms with Gasteiger partial charge >= 0.3 is 11.9 Å². The van der Waals surface area contributed by atoms with E-state index in [4.69, 9.17) is 9.47 Å². The molecule has 0 saturated heterocycles. The van der Waals surface area contributed by atoms with Crippen LogP contribution in [-0.4, -0.2) is 19.0 Å². The predicted molar refractivity (Wildman–Crippen MR) is 86.6 cm³/mol. The number of halogens is 2. The Balaban J connectivity index is 2.04. The molecule has 0 fully saturated rings. The van der Waals surface area contributed by atoms with Crippen molar-refractivity contribution >= 4 is 22.7 Å². The van der Waals surface area contributed by atoms with E-state index in [1.54, 1.807) is 24.3 Å². The average Bonchev–Trinajstić information content (AvgIpc) is 2.60. The van der Waals surface area contributed by atoms with E-state index >= 15 is 0 Å². The number of esters is 2. The van der Waals surface area contributed by atoms with Gasteiger partial charge in [-0.3, -0.25) is 0 Å². The zero-order valence-corrected chi connectivity index (χ0v) is 13.1. The third-order valence-corrected chi connectivity index (χ3v) is 3.61. The van der Waals surface area contributed by atoms with Crippen LogP contribution in [0.15, 0.2) is 54.6 Å². The molecule has 0 spiro atoms. The molecule has 0 unspecified atom stereocenters. The van der Waals surface area contributed by atoms with Gasteiger partial charge in [0.1, 0.15) is 22.9 Å². The maximum Gasteiger partial charge on any atom is 0.346 e. The summed E-state index contributed by atoms with van der Waals surface area (Å²) in [4.78, 5) is 24.2. The van der Waals surface area contributed by atoms with Crippen molar-refractivity contribution in [2.24, 2.45) is 0 Å². The lowest BCUT2D eigenvalue weighted by Gasteiger charge is -2.11. The second-order valence-corrected chi connectivity index (χ2v) is 5.20. The number of carbonyl (C=O) groups excluding carboxylic acids is 2. The summed E-state index contributed by atoms with van der Waals surface area (Å²) >= 11 is 0. The molecule has 0 aliphatic rings. The Hall–Kier alpha value is -3.28. The van der Waals surface area contributed by atoms with Gasteiger partial charge in [-0.15, -0.1) is 0 Å². The fraction of sp³-hybridized carbons (Fsp3) is 0.0526. The highest BCUT2D eigenvalue weighted by Gasteiger charge is 2.20. The van der Waals surface area contributed by atoms with Gasteiger partial charge in [-0.05, 0) is 35.0 Å². The Morgan fingerprint density at radius 2 is 1.52 bits per heavy atom. The fourth-order valence-corrected chi connectivity index (χ4v) is 2.38. The maximum atomic E-state index is 13.7. The van der Waals surface area contributed by atoms with Crippen molar-refractivity contribution in [1.29, 1.82) is 0 Å². The summed E-state index contributed by atoms with van der Waals surface area (Å²) in [6, 6.07) is 12.6. The first-order valence-corrected chi connectivity index (χ1v) is 7.28. The van der Waals surface area contributed by atoms with Gasteiger partial charge in [0.2, 0.25) is 0 Å². The lowest BCUT2D eigenvalue weighted by molar-refractivity contribution is 0.0593. The molecule has 0 aliphatic carbocycles. The average molecular weight is 342 g/mol. The molecule has 3 aromatic carbocycles. The van der Waals surface area contributed by atoms with E-state index in [9.17, 15) is 18.4 Å². The SMILES string of the molecule is COC(=O)c1cc2ccccc2cc1OC(=O)c1ccc(F)cc1F. The number of hydrogen-bond donors (Lipinski definition) is 0. The van der Waals surface area contributed by atoms with Crippen LogP contribution in [0.3, 0.4) is 0 Å². The van der Waals surface area contributed by atoms with E-state index in [2.05, 4.69) is 0 Å². The number of benzene rings is 3. The predicted octanol–water partition coefficient (Wildman–Crippen LogP) is 4.12. The van der Waals surface area contributed by atoms with Crippen molar-refractivity contribution in [2.45, 2.75) is 0 Å². The molecule has 0 N–H and O–H groups in total. The number of carbonyl (C=O) groups is 2. The number of rotatable bonds is 3. The normalized spacial score (nSPS) is 10.5. The second kappa shape index (κ2) is 6.68. The molecule has 3 aromatic rings. The van der Waals surface area contributed by atoms with E-state index in [0.29, 0.717) is 6.07 Å². The summed E-state index contributed by atoms with van der Waals surface area (Å²) < 4.78 is 36.6. The van der Waals surface area contributed by atoms with Gasteiger partial charge in [-0.25, -0.2) is 18.4 Å². The van der Waals surface area contributed by atoms with Crippen LogP contribution in [0.4, 0.5) is 8.78 Å². The molecule has 0 aromatic heterocycles. The molecule has 25 heavy (non-hydrogen) atoms. The van der Waals surface area contributed by atoms with Gasteiger partial charge in [0.15, 0.2) is 0 Å². The zero-order chi connectivity index (χ0) is 18.0. The van der Waals surface area contributed by atoms with Gasteiger partial charge in [0.05, 0.1) is 12.7 Å². The number of methoxy groups -OCH3 is 1. The minimum atomic E-state index is -1.05. The number of fused-ring (bicyclic) bond motifs is 1. The van der Waals surface area contributed by atoms with Gasteiger partial charge in [0.25, 0.3) is 0 Å². The molecule has 126 valence electrons. The van der Waals surface area contributed by atoms with E-state index in [1.165, 1.54) is 19.2 Å². The Kier molecular flexibility index (Phi) is 4.43. The van der Waals surface area contributed by atoms with Crippen LogP contribution in [0.2, 0.25) is 0 Å². The van der Waals surface area contributed by atoms with Crippen LogP contribution in [0.1, 0.15) is 20.7 Å². The highest BCUT2D eigenvalue weighted by atomic mass is 19.1. The first kappa shape index (κ1) is 16.6. The van der Waals surface area contributed by atoms with E-state index < -0.39 is 29.1 Å². The van der Waals surface area contributed by atoms with Crippen LogP contribution in [-0.2, 0) is 4.74 Å². The monoisotopic (exact) mass is 342 g/mol. The topological polar surface area (TPSA) is 52.6 Å². The van der Waals surface area contributed by atoms with Crippen molar-refractivity contribution in [2.75, 3.05) is 7.11 Å². The van der Waals surface area contributed by atoms with Gasteiger partial charge in [-0.1, -0.05) is 24.3 Å². The van der Waals surface area contributed by atoms with Crippen LogP contribution >= 0.6 is 0 Å². The molecule has 3 rings (SSSR count). The van der Waals surface area contributed by atoms with Gasteiger partial charge in [-0.2, -0.15) is 0 Å². The third kappa shape index (κ3) is 3.33. The molecule has 0 atom stereocenters. The lowest BCUT2D eigenvalue weighted by Crippen LogP contribution is -2.14. The van der Waals surface area contributed by atoms with E-state index in [1.807, 2.05) is 0 Å². The van der Waals surface area contributed by atoms with Crippen molar-refractivity contribution < 1.29 is 27.8 Å². The van der Waals surface area contributed by atoms with Crippen LogP contribution < -0.4 is 4.74 Å². The molecule has 6 heteroatoms. The minimum Gasteiger partial charge on any atom is -0.465 e. The fourth-order valence-electron chi connectivity index (χ4n) is 2.38. The Bertz CT molecular complexity index is 982. The lowest BCUT2D eigenvalue weighted by atomic mass is 10.1. The molecule has 0 aliphatic heterocycles. The summed E-state index contributed by atoms with van der Waals surface area (Å²) in [6.45, 7) is 0. The highest BCUT2D eigenvalue weighted by Crippen LogP contribution is 2.28. The summed E-state index contributed by atoms with van der Waals surface area (Å²) in [5.74, 6) is -3.68. The minimum absolute atomic E-state index is 0.0251. The summed E-state index contributed by atoms with van der Waals surface area (Å²) in [7, 11) is 1.20. The van der Waals surface area contributed by atoms with Crippen molar-refractivity contribution in [3.8, 4) is 5.75 Å². The summed E-state index contributed by atoms with van der Waals surface area (Å²) in [5, 5.41) is 1.47. The Labute approximate surface area is 141 Å². The molecule has 0 amide bonds. The third-order valence-electron chi connectivity index (χ3n) is 3.61. The molecule has 0 radical (unpaired) electrons. The molecular weight excluding hydrogens is 330 g/mol. The Morgan fingerprint density at radius 3 is 2.16 bits per heavy atom. The Morgan fingerprint density at radius 1 is 0.840 bits per heavy atom. The smallest absolute Gasteiger partial charge is 0.346 e. The molecule has 0 bridgehead atoms. The van der Waals surface area contributed by atoms with Crippen molar-refractivity contribution in [3.05, 3.63) is 77.4 Å². The standard InChI is InChI=1S/C19H12F2O4/c1-24-18(22)15-8-11-4-2-3-5-12(11)9-17(15)25-19(23)14-7-6-13(20)10-16(14)21/h2-10H,1H3. The zero-order valence-electron chi connectivity index (χ0n) is 13.1.